The normalized spacial score (nSPS) is 12.1. The first-order valence-corrected chi connectivity index (χ1v) is 27.2. The highest BCUT2D eigenvalue weighted by Crippen LogP contribution is 2.25. The molecule has 0 atom stereocenters. The van der Waals surface area contributed by atoms with Gasteiger partial charge in [0, 0.05) is 6.42 Å². The van der Waals surface area contributed by atoms with Crippen LogP contribution in [0.4, 0.5) is 11.4 Å². The Balaban J connectivity index is 2.05. The maximum absolute atomic E-state index is 5.30. The minimum atomic E-state index is 0.800. The Morgan fingerprint density at radius 2 is 0.919 bits per heavy atom. The lowest BCUT2D eigenvalue weighted by Gasteiger charge is -2.12. The van der Waals surface area contributed by atoms with Crippen molar-refractivity contribution in [2.24, 2.45) is 9.98 Å². The van der Waals surface area contributed by atoms with E-state index < -0.39 is 0 Å². The van der Waals surface area contributed by atoms with Crippen LogP contribution in [0.15, 0.2) is 58.5 Å². The van der Waals surface area contributed by atoms with Crippen LogP contribution in [0.25, 0.3) is 6.08 Å². The van der Waals surface area contributed by atoms with E-state index in [0.717, 1.165) is 54.9 Å². The van der Waals surface area contributed by atoms with Crippen molar-refractivity contribution in [3.05, 3.63) is 65.2 Å². The quantitative estimate of drug-likeness (QED) is 0.0363. The van der Waals surface area contributed by atoms with Crippen molar-refractivity contribution >= 4 is 28.9 Å². The summed E-state index contributed by atoms with van der Waals surface area (Å²) in [5, 5.41) is 0. The first-order valence-electron chi connectivity index (χ1n) is 27.2. The summed E-state index contributed by atoms with van der Waals surface area (Å²) in [4.78, 5) is 10.5. The molecule has 2 aromatic rings. The number of hydrogen-bond donors (Lipinski definition) is 0. The Labute approximate surface area is 386 Å². The first-order chi connectivity index (χ1) is 30.6. The molecular weight excluding hydrogens is 749 g/mol. The van der Waals surface area contributed by atoms with Gasteiger partial charge in [-0.2, -0.15) is 0 Å². The van der Waals surface area contributed by atoms with E-state index in [-0.39, 0.29) is 0 Å². The third-order valence-electron chi connectivity index (χ3n) is 12.7. The van der Waals surface area contributed by atoms with Crippen molar-refractivity contribution < 1.29 is 0 Å². The van der Waals surface area contributed by atoms with Crippen LogP contribution in [0.2, 0.25) is 0 Å². The van der Waals surface area contributed by atoms with E-state index in [1.54, 1.807) is 0 Å². The summed E-state index contributed by atoms with van der Waals surface area (Å²) in [5.41, 5.74) is 8.03. The number of unbranched alkanes of at least 4 members (excludes halogenated alkanes) is 30. The SMILES string of the molecule is CCCCCCCCCCCCCC=Cc1cccc(N=C(C#CCCCCCCCCCCCCCCCCC)C(CC)=Nc2ccc(CCCCC)c(CCCCC)c2)c1. The van der Waals surface area contributed by atoms with Crippen LogP contribution < -0.4 is 0 Å². The lowest BCUT2D eigenvalue weighted by atomic mass is 9.96. The fraction of sp³-hybridized carbons (Fsp3) is 0.700. The van der Waals surface area contributed by atoms with Crippen LogP contribution in [-0.4, -0.2) is 11.4 Å². The number of hydrogen-bond acceptors (Lipinski definition) is 2. The second-order valence-corrected chi connectivity index (χ2v) is 18.6. The van der Waals surface area contributed by atoms with Crippen LogP contribution in [0.3, 0.4) is 0 Å². The lowest BCUT2D eigenvalue weighted by Crippen LogP contribution is -2.11. The molecule has 0 unspecified atom stereocenters. The van der Waals surface area contributed by atoms with Crippen LogP contribution >= 0.6 is 0 Å². The molecule has 348 valence electrons. The average molecular weight is 847 g/mol. The highest BCUT2D eigenvalue weighted by atomic mass is 14.8. The van der Waals surface area contributed by atoms with Crippen molar-refractivity contribution in [3.8, 4) is 11.8 Å². The zero-order valence-electron chi connectivity index (χ0n) is 41.8. The maximum atomic E-state index is 5.30. The van der Waals surface area contributed by atoms with Gasteiger partial charge >= 0.3 is 0 Å². The molecule has 0 aliphatic heterocycles. The van der Waals surface area contributed by atoms with Crippen LogP contribution in [0, 0.1) is 11.8 Å². The third kappa shape index (κ3) is 29.4. The van der Waals surface area contributed by atoms with Gasteiger partial charge in [-0.3, -0.25) is 4.99 Å². The predicted molar refractivity (Wildman–Crippen MR) is 281 cm³/mol. The Morgan fingerprint density at radius 3 is 1.45 bits per heavy atom. The topological polar surface area (TPSA) is 24.7 Å². The zero-order valence-corrected chi connectivity index (χ0v) is 41.8. The highest BCUT2D eigenvalue weighted by molar-refractivity contribution is 6.49. The minimum absolute atomic E-state index is 0.800. The van der Waals surface area contributed by atoms with Crippen molar-refractivity contribution in [1.82, 2.24) is 0 Å². The second kappa shape index (κ2) is 40.8. The van der Waals surface area contributed by atoms with Gasteiger partial charge in [-0.15, -0.1) is 0 Å². The van der Waals surface area contributed by atoms with Gasteiger partial charge in [0.2, 0.25) is 0 Å². The molecule has 2 aromatic carbocycles. The van der Waals surface area contributed by atoms with Gasteiger partial charge in [-0.1, -0.05) is 251 Å². The zero-order chi connectivity index (χ0) is 44.4. The summed E-state index contributed by atoms with van der Waals surface area (Å²) in [6, 6.07) is 15.7. The van der Waals surface area contributed by atoms with Gasteiger partial charge in [0.1, 0.15) is 5.71 Å². The number of nitrogens with zero attached hydrogens (tertiary/aromatic N) is 2. The standard InChI is InChI=1S/C60H98N2/c1-6-11-15-17-19-21-23-25-26-27-28-30-32-34-36-38-42-49-60(59(10-5)61-58-51-50-55(46-39-13-8-3)56(53-58)47-40-14-9-4)62-57-48-43-45-54(52-57)44-41-37-35-33-31-29-24-22-20-18-16-12-7-2/h41,43-45,48,50-53H,6-40,46-47H2,1-5H3. The van der Waals surface area contributed by atoms with E-state index in [4.69, 9.17) is 9.98 Å². The fourth-order valence-electron chi connectivity index (χ4n) is 8.61. The smallest absolute Gasteiger partial charge is 0.135 e. The summed E-state index contributed by atoms with van der Waals surface area (Å²) in [7, 11) is 0. The van der Waals surface area contributed by atoms with Crippen LogP contribution in [-0.2, 0) is 12.8 Å². The Kier molecular flexibility index (Phi) is 36.4. The van der Waals surface area contributed by atoms with Gasteiger partial charge in [0.25, 0.3) is 0 Å². The van der Waals surface area contributed by atoms with Crippen molar-refractivity contribution in [1.29, 1.82) is 0 Å². The first kappa shape index (κ1) is 55.2. The van der Waals surface area contributed by atoms with Gasteiger partial charge < -0.3 is 0 Å². The van der Waals surface area contributed by atoms with E-state index in [0.29, 0.717) is 0 Å². The highest BCUT2D eigenvalue weighted by Gasteiger charge is 2.10. The monoisotopic (exact) mass is 847 g/mol. The molecule has 62 heavy (non-hydrogen) atoms. The maximum Gasteiger partial charge on any atom is 0.135 e. The number of rotatable bonds is 40. The minimum Gasteiger partial charge on any atom is -0.251 e. The molecule has 0 heterocycles. The summed E-state index contributed by atoms with van der Waals surface area (Å²) in [6.45, 7) is 11.4. The molecule has 0 radical (unpaired) electrons. The van der Waals surface area contributed by atoms with Gasteiger partial charge in [-0.05, 0) is 98.2 Å². The summed E-state index contributed by atoms with van der Waals surface area (Å²) < 4.78 is 0. The number of aryl methyl sites for hydroxylation is 2. The van der Waals surface area contributed by atoms with Crippen molar-refractivity contribution in [2.45, 2.75) is 272 Å². The van der Waals surface area contributed by atoms with Crippen molar-refractivity contribution in [2.75, 3.05) is 0 Å². The molecule has 0 spiro atoms. The summed E-state index contributed by atoms with van der Waals surface area (Å²) in [6.07, 6.45) is 53.4. The molecule has 2 rings (SSSR count). The van der Waals surface area contributed by atoms with Crippen molar-refractivity contribution in [3.63, 3.8) is 0 Å². The Bertz CT molecular complexity index is 1500. The summed E-state index contributed by atoms with van der Waals surface area (Å²) >= 11 is 0. The van der Waals surface area contributed by atoms with E-state index in [9.17, 15) is 0 Å². The Morgan fingerprint density at radius 1 is 0.452 bits per heavy atom. The molecule has 0 saturated carbocycles. The molecule has 0 aromatic heterocycles. The molecule has 0 amide bonds. The second-order valence-electron chi connectivity index (χ2n) is 18.6. The van der Waals surface area contributed by atoms with Gasteiger partial charge in [-0.25, -0.2) is 4.99 Å². The van der Waals surface area contributed by atoms with E-state index in [2.05, 4.69) is 101 Å². The molecule has 2 nitrogen and oxygen atoms in total. The molecule has 0 fully saturated rings. The van der Waals surface area contributed by atoms with Crippen LogP contribution in [0.5, 0.6) is 0 Å². The lowest BCUT2D eigenvalue weighted by molar-refractivity contribution is 0.533. The number of allylic oxidation sites excluding steroid dienone is 1. The van der Waals surface area contributed by atoms with Gasteiger partial charge in [0.15, 0.2) is 0 Å². The van der Waals surface area contributed by atoms with Gasteiger partial charge in [0.05, 0.1) is 17.1 Å². The largest absolute Gasteiger partial charge is 0.251 e. The average Bonchev–Trinajstić information content (AvgIpc) is 3.28. The number of benzene rings is 2. The Hall–Kier alpha value is -2.92. The molecule has 0 N–H and O–H groups in total. The molecule has 0 aliphatic rings. The molecule has 0 bridgehead atoms. The summed E-state index contributed by atoms with van der Waals surface area (Å²) in [5.74, 6) is 7.11. The molecule has 0 aliphatic carbocycles. The van der Waals surface area contributed by atoms with E-state index in [1.807, 2.05) is 0 Å². The van der Waals surface area contributed by atoms with E-state index >= 15 is 0 Å². The number of aliphatic imine (C=N–C) groups is 2. The third-order valence-corrected chi connectivity index (χ3v) is 12.7. The fourth-order valence-corrected chi connectivity index (χ4v) is 8.61. The predicted octanol–water partition coefficient (Wildman–Crippen LogP) is 20.4. The molecule has 2 heteroatoms. The molecular formula is C60H98N2. The van der Waals surface area contributed by atoms with Crippen LogP contribution in [0.1, 0.15) is 276 Å². The van der Waals surface area contributed by atoms with E-state index in [1.165, 1.54) is 222 Å². The molecule has 0 saturated heterocycles.